The minimum absolute atomic E-state index is 0.203. The Labute approximate surface area is 110 Å². The van der Waals surface area contributed by atoms with E-state index >= 15 is 0 Å². The van der Waals surface area contributed by atoms with Gasteiger partial charge in [-0.25, -0.2) is 0 Å². The van der Waals surface area contributed by atoms with Crippen LogP contribution in [-0.2, 0) is 0 Å². The van der Waals surface area contributed by atoms with Gasteiger partial charge in [0.2, 0.25) is 0 Å². The average molecular weight is 406 g/mol. The van der Waals surface area contributed by atoms with Crippen LogP contribution >= 0.6 is 0 Å². The summed E-state index contributed by atoms with van der Waals surface area (Å²) < 4.78 is 15.4. The second kappa shape index (κ2) is 4.49. The van der Waals surface area contributed by atoms with E-state index in [1.54, 1.807) is 19.3 Å². The van der Waals surface area contributed by atoms with E-state index in [1.165, 1.54) is 6.07 Å². The maximum atomic E-state index is 13.4. The van der Waals surface area contributed by atoms with Gasteiger partial charge < -0.3 is 0 Å². The molecule has 0 saturated carbocycles. The Kier molecular flexibility index (Phi) is 3.23. The fraction of sp³-hybridized carbons (Fsp3) is 0.0833. The van der Waals surface area contributed by atoms with E-state index in [4.69, 9.17) is 0 Å². The Morgan fingerprint density at radius 1 is 1.50 bits per heavy atom. The van der Waals surface area contributed by atoms with Gasteiger partial charge in [-0.1, -0.05) is 0 Å². The number of rotatable bonds is 2. The Balaban J connectivity index is 2.45. The molecular formula is C12H10FN2Tl. The van der Waals surface area contributed by atoms with Crippen molar-refractivity contribution in [3.05, 3.63) is 59.9 Å². The Morgan fingerprint density at radius 3 is 2.88 bits per heavy atom. The molecule has 2 rings (SSSR count). The van der Waals surface area contributed by atoms with Crippen LogP contribution in [0.1, 0.15) is 16.8 Å². The number of nitrogens with zero attached hydrogens (tertiary/aromatic N) is 2. The van der Waals surface area contributed by atoms with Gasteiger partial charge in [0, 0.05) is 0 Å². The van der Waals surface area contributed by atoms with Crippen molar-refractivity contribution < 1.29 is 4.39 Å². The van der Waals surface area contributed by atoms with Crippen LogP contribution in [-0.4, -0.2) is 33.4 Å². The van der Waals surface area contributed by atoms with E-state index in [1.807, 2.05) is 14.6 Å². The molecule has 16 heavy (non-hydrogen) atoms. The molecule has 1 aromatic heterocycles. The first-order chi connectivity index (χ1) is 7.59. The van der Waals surface area contributed by atoms with Crippen molar-refractivity contribution in [1.29, 1.82) is 0 Å². The first kappa shape index (κ1) is 11.5. The van der Waals surface area contributed by atoms with Gasteiger partial charge in [0.15, 0.2) is 0 Å². The molecule has 1 aromatic carbocycles. The van der Waals surface area contributed by atoms with E-state index < -0.39 is 0 Å². The van der Waals surface area contributed by atoms with Gasteiger partial charge in [-0.3, -0.25) is 0 Å². The number of aromatic nitrogens is 2. The molecule has 0 unspecified atom stereocenters. The molecule has 0 aliphatic carbocycles. The Morgan fingerprint density at radius 2 is 2.25 bits per heavy atom. The summed E-state index contributed by atoms with van der Waals surface area (Å²) in [5.74, 6) is -0.203. The third kappa shape index (κ3) is 2.09. The van der Waals surface area contributed by atoms with Crippen LogP contribution in [0.15, 0.2) is 37.3 Å². The molecule has 78 valence electrons. The van der Waals surface area contributed by atoms with Crippen LogP contribution in [0.5, 0.6) is 0 Å². The number of hydrogen-bond donors (Lipinski definition) is 0. The monoisotopic (exact) mass is 406 g/mol. The summed E-state index contributed by atoms with van der Waals surface area (Å²) >= 11 is 0.688. The SMILES string of the molecule is C=C(c1c[n]([Tl])cn1)c1cccc(F)c1C. The second-order valence-electron chi connectivity index (χ2n) is 3.60. The van der Waals surface area contributed by atoms with E-state index in [2.05, 4.69) is 11.6 Å². The van der Waals surface area contributed by atoms with Crippen molar-refractivity contribution in [1.82, 2.24) is 7.36 Å². The van der Waals surface area contributed by atoms with E-state index in [-0.39, 0.29) is 5.82 Å². The number of imidazole rings is 1. The van der Waals surface area contributed by atoms with Gasteiger partial charge in [0.1, 0.15) is 0 Å². The van der Waals surface area contributed by atoms with Crippen LogP contribution in [0.25, 0.3) is 5.57 Å². The van der Waals surface area contributed by atoms with Gasteiger partial charge in [-0.15, -0.1) is 0 Å². The average Bonchev–Trinajstić information content (AvgIpc) is 2.68. The van der Waals surface area contributed by atoms with Crippen LogP contribution in [0.2, 0.25) is 0 Å². The summed E-state index contributed by atoms with van der Waals surface area (Å²) in [6.07, 6.45) is 3.72. The molecule has 0 saturated heterocycles. The second-order valence-corrected chi connectivity index (χ2v) is 5.92. The van der Waals surface area contributed by atoms with Crippen LogP contribution < -0.4 is 0 Å². The third-order valence-corrected chi connectivity index (χ3v) is 3.60. The first-order valence-electron chi connectivity index (χ1n) is 4.83. The molecule has 0 bridgehead atoms. The summed E-state index contributed by atoms with van der Waals surface area (Å²) in [6, 6.07) is 5.02. The zero-order valence-electron chi connectivity index (χ0n) is 8.94. The maximum absolute atomic E-state index is 13.4. The van der Waals surface area contributed by atoms with E-state index in [0.717, 1.165) is 16.8 Å². The van der Waals surface area contributed by atoms with Crippen LogP contribution in [0.4, 0.5) is 4.39 Å². The van der Waals surface area contributed by atoms with E-state index in [9.17, 15) is 4.39 Å². The Bertz CT molecular complexity index is 546. The normalized spacial score (nSPS) is 10.3. The molecule has 0 aliphatic heterocycles. The summed E-state index contributed by atoms with van der Waals surface area (Å²) in [7, 11) is 0. The van der Waals surface area contributed by atoms with Gasteiger partial charge in [-0.2, -0.15) is 0 Å². The number of halogens is 1. The first-order valence-corrected chi connectivity index (χ1v) is 6.84. The molecule has 0 aliphatic rings. The van der Waals surface area contributed by atoms with Crippen molar-refractivity contribution in [2.75, 3.05) is 0 Å². The van der Waals surface area contributed by atoms with Gasteiger partial charge in [0.05, 0.1) is 0 Å². The fourth-order valence-electron chi connectivity index (χ4n) is 1.56. The molecule has 2 aromatic rings. The van der Waals surface area contributed by atoms with Gasteiger partial charge in [-0.05, 0) is 0 Å². The predicted molar refractivity (Wildman–Crippen MR) is 62.7 cm³/mol. The van der Waals surface area contributed by atoms with Gasteiger partial charge >= 0.3 is 110 Å². The Hall–Kier alpha value is -0.978. The van der Waals surface area contributed by atoms with Crippen LogP contribution in [0.3, 0.4) is 0 Å². The van der Waals surface area contributed by atoms with Crippen molar-refractivity contribution in [3.63, 3.8) is 0 Å². The summed E-state index contributed by atoms with van der Waals surface area (Å²) in [4.78, 5) is 4.25. The molecule has 0 N–H and O–H groups in total. The molecule has 0 amide bonds. The summed E-state index contributed by atoms with van der Waals surface area (Å²) in [5, 5.41) is 0. The minimum atomic E-state index is -0.203. The molecule has 4 heteroatoms. The standard InChI is InChI=1S/C12H10FN2.Tl/c1-8-10(4-3-5-11(8)13)9(2)12-6-14-7-15-12;/h3-7H,2H2,1H3;/q-1;+1. The fourth-order valence-corrected chi connectivity index (χ4v) is 2.37. The number of benzene rings is 1. The van der Waals surface area contributed by atoms with E-state index in [0.29, 0.717) is 31.6 Å². The molecule has 0 spiro atoms. The van der Waals surface area contributed by atoms with Crippen LogP contribution in [0, 0.1) is 12.7 Å². The zero-order chi connectivity index (χ0) is 11.7. The van der Waals surface area contributed by atoms with Crippen molar-refractivity contribution >= 4 is 31.6 Å². The van der Waals surface area contributed by atoms with Gasteiger partial charge in [0.25, 0.3) is 0 Å². The molecule has 0 fully saturated rings. The quantitative estimate of drug-likeness (QED) is 0.701. The van der Waals surface area contributed by atoms with Crippen molar-refractivity contribution in [2.45, 2.75) is 6.92 Å². The summed E-state index contributed by atoms with van der Waals surface area (Å²) in [6.45, 7) is 5.75. The van der Waals surface area contributed by atoms with Crippen molar-refractivity contribution in [2.24, 2.45) is 0 Å². The number of hydrogen-bond acceptors (Lipinski definition) is 1. The van der Waals surface area contributed by atoms with Crippen molar-refractivity contribution in [3.8, 4) is 0 Å². The topological polar surface area (TPSA) is 17.8 Å². The third-order valence-electron chi connectivity index (χ3n) is 2.50. The molecular weight excluding hydrogens is 396 g/mol. The molecule has 0 radical (unpaired) electrons. The summed E-state index contributed by atoms with van der Waals surface area (Å²) in [5.41, 5.74) is 3.04. The molecule has 1 heterocycles. The molecule has 0 atom stereocenters. The zero-order valence-corrected chi connectivity index (χ0v) is 13.4. The molecule has 2 nitrogen and oxygen atoms in total. The predicted octanol–water partition coefficient (Wildman–Crippen LogP) is 2.32.